The van der Waals surface area contributed by atoms with Crippen molar-refractivity contribution in [3.63, 3.8) is 0 Å². The van der Waals surface area contributed by atoms with E-state index in [4.69, 9.17) is 21.4 Å². The lowest BCUT2D eigenvalue weighted by Crippen LogP contribution is -2.40. The van der Waals surface area contributed by atoms with Crippen LogP contribution in [0.3, 0.4) is 0 Å². The number of nitrogen functional groups attached to an aromatic ring is 1. The fraction of sp³-hybridized carbons (Fsp3) is 0.286. The molecule has 290 valence electrons. The Morgan fingerprint density at radius 2 is 1.23 bits per heavy atom. The third kappa shape index (κ3) is 7.95. The van der Waals surface area contributed by atoms with Crippen LogP contribution in [0.2, 0.25) is 0 Å². The number of para-hydroxylation sites is 2. The molecule has 6 aromatic rings. The molecule has 0 saturated heterocycles. The first kappa shape index (κ1) is 37.8. The van der Waals surface area contributed by atoms with Crippen LogP contribution in [-0.4, -0.2) is 29.8 Å². The number of nitrogens with two attached hydrogens (primary N) is 2. The van der Waals surface area contributed by atoms with Gasteiger partial charge in [0.25, 0.3) is 0 Å². The maximum Gasteiger partial charge on any atom is 0.239 e. The van der Waals surface area contributed by atoms with Crippen LogP contribution >= 0.6 is 0 Å². The van der Waals surface area contributed by atoms with Gasteiger partial charge in [0.05, 0.1) is 23.1 Å². The highest BCUT2D eigenvalue weighted by Gasteiger charge is 2.32. The summed E-state index contributed by atoms with van der Waals surface area (Å²) in [6.45, 7) is 10.3. The van der Waals surface area contributed by atoms with Gasteiger partial charge in [-0.05, 0) is 111 Å². The standard InChI is InChI=1S/C49H54N8/c1-32-24-42-46(28-38(32)50)56(36-18-12-10-13-19-36)48-30-40(34(3)26-44(48)54-42)52-22-16-8-6-5-7-9-17-23-53-41-31-49-45(27-35(41)4)55-43-25-33(2)39(51)29-47(43)57(49)37-20-14-11-15-21-37/h10-15,18-21,24-31,46,52H,5-9,16-17,22-23,50H2,1-4H3,(H2,51,53)/p+1. The van der Waals surface area contributed by atoms with Gasteiger partial charge in [0.15, 0.2) is 0 Å². The van der Waals surface area contributed by atoms with Crippen molar-refractivity contribution in [3.05, 3.63) is 137 Å². The third-order valence-corrected chi connectivity index (χ3v) is 11.5. The molecule has 1 aliphatic carbocycles. The number of anilines is 5. The molecule has 1 aliphatic heterocycles. The number of aliphatic imine (C=N–C) groups is 1. The van der Waals surface area contributed by atoms with Crippen molar-refractivity contribution in [2.75, 3.05) is 34.4 Å². The molecule has 0 spiro atoms. The number of hydrogen-bond donors (Lipinski definition) is 4. The fourth-order valence-electron chi connectivity index (χ4n) is 8.22. The van der Waals surface area contributed by atoms with Crippen molar-refractivity contribution in [2.45, 2.75) is 78.7 Å². The Balaban J connectivity index is 0.823. The Morgan fingerprint density at radius 1 is 0.649 bits per heavy atom. The number of fused-ring (bicyclic) bond motifs is 4. The van der Waals surface area contributed by atoms with E-state index in [9.17, 15) is 0 Å². The SMILES string of the molecule is CC1=CC2=Nc3cc(C)c(NCCCCCCCCCNc4cc5c(cc4C)nc4cc(C)c(N)cc4[n+]5-c4ccccc4)cc3N(c3ccccc3)C2C=C1N. The zero-order valence-electron chi connectivity index (χ0n) is 33.8. The van der Waals surface area contributed by atoms with Crippen molar-refractivity contribution in [2.24, 2.45) is 10.7 Å². The maximum atomic E-state index is 6.42. The van der Waals surface area contributed by atoms with E-state index in [1.165, 1.54) is 48.9 Å². The largest absolute Gasteiger partial charge is 0.399 e. The highest BCUT2D eigenvalue weighted by atomic mass is 15.2. The molecule has 8 rings (SSSR count). The molecular weight excluding hydrogens is 701 g/mol. The molecule has 1 aromatic heterocycles. The fourth-order valence-corrected chi connectivity index (χ4v) is 8.22. The van der Waals surface area contributed by atoms with E-state index in [0.717, 1.165) is 105 Å². The number of rotatable bonds is 14. The minimum atomic E-state index is -0.0335. The molecule has 1 unspecified atom stereocenters. The van der Waals surface area contributed by atoms with Crippen LogP contribution in [0.25, 0.3) is 27.8 Å². The van der Waals surface area contributed by atoms with E-state index < -0.39 is 0 Å². The van der Waals surface area contributed by atoms with E-state index in [1.54, 1.807) is 0 Å². The summed E-state index contributed by atoms with van der Waals surface area (Å²) in [7, 11) is 0. The predicted octanol–water partition coefficient (Wildman–Crippen LogP) is 10.8. The number of hydrogen-bond acceptors (Lipinski definition) is 7. The second-order valence-corrected chi connectivity index (χ2v) is 15.8. The summed E-state index contributed by atoms with van der Waals surface area (Å²) in [6.07, 6.45) is 12.8. The van der Waals surface area contributed by atoms with Gasteiger partial charge in [-0.25, -0.2) is 9.98 Å². The molecule has 8 nitrogen and oxygen atoms in total. The quantitative estimate of drug-likeness (QED) is 0.0381. The van der Waals surface area contributed by atoms with Gasteiger partial charge in [-0.1, -0.05) is 68.5 Å². The van der Waals surface area contributed by atoms with Gasteiger partial charge in [0, 0.05) is 65.8 Å². The highest BCUT2D eigenvalue weighted by molar-refractivity contribution is 6.10. The van der Waals surface area contributed by atoms with Crippen LogP contribution in [-0.2, 0) is 0 Å². The number of benzene rings is 5. The molecule has 0 radical (unpaired) electrons. The van der Waals surface area contributed by atoms with Crippen LogP contribution < -0.4 is 31.6 Å². The van der Waals surface area contributed by atoms with Crippen LogP contribution in [0.5, 0.6) is 0 Å². The van der Waals surface area contributed by atoms with Gasteiger partial charge in [0.1, 0.15) is 11.0 Å². The van der Waals surface area contributed by atoms with Crippen LogP contribution in [0.15, 0.2) is 125 Å². The summed E-state index contributed by atoms with van der Waals surface area (Å²) >= 11 is 0. The summed E-state index contributed by atoms with van der Waals surface area (Å²) in [5.74, 6) is 0. The summed E-state index contributed by atoms with van der Waals surface area (Å²) in [5.41, 5.74) is 30.6. The van der Waals surface area contributed by atoms with Gasteiger partial charge in [-0.15, -0.1) is 4.57 Å². The molecule has 1 atom stereocenters. The second kappa shape index (κ2) is 16.5. The molecule has 0 amide bonds. The molecule has 57 heavy (non-hydrogen) atoms. The number of allylic oxidation sites excluding steroid dienone is 1. The molecular formula is C49H55N8+. The van der Waals surface area contributed by atoms with Crippen molar-refractivity contribution in [1.82, 2.24) is 4.98 Å². The number of nitrogens with zero attached hydrogens (tertiary/aromatic N) is 4. The molecule has 2 aliphatic rings. The van der Waals surface area contributed by atoms with E-state index in [2.05, 4.69) is 150 Å². The molecule has 0 saturated carbocycles. The summed E-state index contributed by atoms with van der Waals surface area (Å²) in [5, 5.41) is 7.50. The lowest BCUT2D eigenvalue weighted by atomic mass is 9.94. The Morgan fingerprint density at radius 3 is 1.91 bits per heavy atom. The van der Waals surface area contributed by atoms with Gasteiger partial charge in [0.2, 0.25) is 16.7 Å². The lowest BCUT2D eigenvalue weighted by Gasteiger charge is -2.38. The average molecular weight is 756 g/mol. The van der Waals surface area contributed by atoms with Gasteiger partial charge >= 0.3 is 0 Å². The van der Waals surface area contributed by atoms with Crippen LogP contribution in [0.4, 0.5) is 34.1 Å². The normalized spacial score (nSPS) is 14.8. The Labute approximate surface area is 337 Å². The second-order valence-electron chi connectivity index (χ2n) is 15.8. The van der Waals surface area contributed by atoms with Gasteiger partial charge in [-0.3, -0.25) is 0 Å². The number of aromatic nitrogens is 2. The first-order chi connectivity index (χ1) is 27.7. The van der Waals surface area contributed by atoms with Gasteiger partial charge in [-0.2, -0.15) is 0 Å². The average Bonchev–Trinajstić information content (AvgIpc) is 3.20. The number of nitrogens with one attached hydrogen (secondary N) is 2. The number of aryl methyl sites for hydroxylation is 3. The third-order valence-electron chi connectivity index (χ3n) is 11.5. The summed E-state index contributed by atoms with van der Waals surface area (Å²) in [4.78, 5) is 12.5. The smallest absolute Gasteiger partial charge is 0.239 e. The van der Waals surface area contributed by atoms with Crippen LogP contribution in [0.1, 0.15) is 68.6 Å². The summed E-state index contributed by atoms with van der Waals surface area (Å²) < 4.78 is 2.29. The zero-order chi connectivity index (χ0) is 39.5. The van der Waals surface area contributed by atoms with Crippen molar-refractivity contribution in [3.8, 4) is 5.69 Å². The van der Waals surface area contributed by atoms with E-state index in [0.29, 0.717) is 0 Å². The van der Waals surface area contributed by atoms with E-state index in [1.807, 2.05) is 6.92 Å². The Bertz CT molecular complexity index is 2520. The minimum absolute atomic E-state index is 0.0335. The van der Waals surface area contributed by atoms with E-state index >= 15 is 0 Å². The Kier molecular flexibility index (Phi) is 10.9. The molecule has 0 bridgehead atoms. The lowest BCUT2D eigenvalue weighted by molar-refractivity contribution is -0.538. The topological polar surface area (TPSA) is 108 Å². The van der Waals surface area contributed by atoms with Crippen molar-refractivity contribution >= 4 is 61.9 Å². The summed E-state index contributed by atoms with van der Waals surface area (Å²) in [6, 6.07) is 34.1. The maximum absolute atomic E-state index is 6.42. The molecule has 8 heteroatoms. The minimum Gasteiger partial charge on any atom is -0.399 e. The highest BCUT2D eigenvalue weighted by Crippen LogP contribution is 2.44. The van der Waals surface area contributed by atoms with Crippen molar-refractivity contribution in [1.29, 1.82) is 0 Å². The van der Waals surface area contributed by atoms with E-state index in [-0.39, 0.29) is 6.04 Å². The van der Waals surface area contributed by atoms with Crippen LogP contribution in [0, 0.1) is 20.8 Å². The monoisotopic (exact) mass is 755 g/mol. The zero-order valence-corrected chi connectivity index (χ0v) is 33.8. The molecule has 6 N–H and O–H groups in total. The Hall–Kier alpha value is -6.15. The number of unbranched alkanes of at least 4 members (excludes halogenated alkanes) is 6. The molecule has 2 heterocycles. The van der Waals surface area contributed by atoms with Gasteiger partial charge < -0.3 is 27.0 Å². The first-order valence-corrected chi connectivity index (χ1v) is 20.6. The molecule has 0 fully saturated rings. The first-order valence-electron chi connectivity index (χ1n) is 20.6. The predicted molar refractivity (Wildman–Crippen MR) is 241 cm³/mol. The van der Waals surface area contributed by atoms with Crippen molar-refractivity contribution < 1.29 is 4.57 Å². The molecule has 5 aromatic carbocycles.